The molecule has 2 rings (SSSR count). The number of aryl methyl sites for hydroxylation is 1. The molecule has 0 aromatic carbocycles. The van der Waals surface area contributed by atoms with Crippen molar-refractivity contribution >= 4 is 5.82 Å². The molecule has 0 atom stereocenters. The van der Waals surface area contributed by atoms with Crippen molar-refractivity contribution in [1.82, 2.24) is 19.9 Å². The van der Waals surface area contributed by atoms with E-state index in [-0.39, 0.29) is 5.82 Å². The highest BCUT2D eigenvalue weighted by Crippen LogP contribution is 2.16. The van der Waals surface area contributed by atoms with Crippen LogP contribution >= 0.6 is 0 Å². The molecule has 78 valence electrons. The van der Waals surface area contributed by atoms with Gasteiger partial charge in [0.1, 0.15) is 17.5 Å². The molecule has 0 saturated heterocycles. The zero-order valence-corrected chi connectivity index (χ0v) is 8.55. The van der Waals surface area contributed by atoms with Crippen LogP contribution in [0.2, 0.25) is 0 Å². The lowest BCUT2D eigenvalue weighted by molar-refractivity contribution is 1.05. The molecule has 0 radical (unpaired) electrons. The van der Waals surface area contributed by atoms with E-state index in [4.69, 9.17) is 11.0 Å². The van der Waals surface area contributed by atoms with Gasteiger partial charge in [0.05, 0.1) is 5.69 Å². The topological polar surface area (TPSA) is 101 Å². The van der Waals surface area contributed by atoms with Crippen molar-refractivity contribution in [2.45, 2.75) is 6.92 Å². The molecule has 16 heavy (non-hydrogen) atoms. The zero-order chi connectivity index (χ0) is 11.5. The minimum atomic E-state index is 0.150. The highest BCUT2D eigenvalue weighted by atomic mass is 15.0. The minimum Gasteiger partial charge on any atom is -0.382 e. The lowest BCUT2D eigenvalue weighted by Gasteiger charge is -2.03. The molecule has 0 unspecified atom stereocenters. The Bertz CT molecular complexity index is 534. The molecule has 6 nitrogen and oxygen atoms in total. The summed E-state index contributed by atoms with van der Waals surface area (Å²) in [4.78, 5) is 16.2. The number of nitrogens with two attached hydrogens (primary N) is 1. The molecule has 0 bridgehead atoms. The standard InChI is InChI=1S/C10H8N6/c1-6-7(5-11)8(12)16-10(15-6)9-13-3-2-4-14-9/h2-4H,1H3,(H2,12,15,16). The van der Waals surface area contributed by atoms with Crippen molar-refractivity contribution in [2.24, 2.45) is 0 Å². The molecule has 0 saturated carbocycles. The SMILES string of the molecule is Cc1nc(-c2ncccn2)nc(N)c1C#N. The summed E-state index contributed by atoms with van der Waals surface area (Å²) in [6.07, 6.45) is 3.19. The Hall–Kier alpha value is -2.55. The predicted octanol–water partition coefficient (Wildman–Crippen LogP) is 0.696. The molecule has 0 spiro atoms. The summed E-state index contributed by atoms with van der Waals surface area (Å²) in [5.41, 5.74) is 6.46. The Morgan fingerprint density at radius 2 is 1.88 bits per heavy atom. The number of hydrogen-bond donors (Lipinski definition) is 1. The van der Waals surface area contributed by atoms with Crippen molar-refractivity contribution < 1.29 is 0 Å². The van der Waals surface area contributed by atoms with E-state index in [9.17, 15) is 0 Å². The average molecular weight is 212 g/mol. The van der Waals surface area contributed by atoms with Crippen LogP contribution in [-0.2, 0) is 0 Å². The van der Waals surface area contributed by atoms with Gasteiger partial charge in [-0.15, -0.1) is 0 Å². The fourth-order valence-electron chi connectivity index (χ4n) is 1.25. The van der Waals surface area contributed by atoms with Crippen molar-refractivity contribution in [2.75, 3.05) is 5.73 Å². The monoisotopic (exact) mass is 212 g/mol. The molecule has 6 heteroatoms. The Morgan fingerprint density at radius 3 is 2.44 bits per heavy atom. The van der Waals surface area contributed by atoms with Crippen LogP contribution in [0, 0.1) is 18.3 Å². The summed E-state index contributed by atoms with van der Waals surface area (Å²) < 4.78 is 0. The maximum absolute atomic E-state index is 8.82. The largest absolute Gasteiger partial charge is 0.382 e. The number of anilines is 1. The van der Waals surface area contributed by atoms with E-state index in [0.717, 1.165) is 0 Å². The van der Waals surface area contributed by atoms with Crippen LogP contribution in [0.4, 0.5) is 5.82 Å². The molecular formula is C10H8N6. The summed E-state index contributed by atoms with van der Waals surface area (Å²) in [6.45, 7) is 1.70. The molecule has 2 heterocycles. The van der Waals surface area contributed by atoms with Crippen molar-refractivity contribution in [1.29, 1.82) is 5.26 Å². The van der Waals surface area contributed by atoms with Crippen LogP contribution in [0.5, 0.6) is 0 Å². The van der Waals surface area contributed by atoms with Crippen molar-refractivity contribution in [3.8, 4) is 17.7 Å². The number of nitrogen functional groups attached to an aromatic ring is 1. The second-order valence-corrected chi connectivity index (χ2v) is 3.08. The molecule has 0 amide bonds. The maximum atomic E-state index is 8.82. The van der Waals surface area contributed by atoms with Gasteiger partial charge in [0, 0.05) is 12.4 Å². The van der Waals surface area contributed by atoms with Crippen LogP contribution in [0.15, 0.2) is 18.5 Å². The Kier molecular flexibility index (Phi) is 2.44. The summed E-state index contributed by atoms with van der Waals surface area (Å²) in [7, 11) is 0. The summed E-state index contributed by atoms with van der Waals surface area (Å²) in [6, 6.07) is 3.65. The maximum Gasteiger partial charge on any atom is 0.200 e. The first-order chi connectivity index (χ1) is 7.72. The van der Waals surface area contributed by atoms with Crippen LogP contribution in [0.25, 0.3) is 11.6 Å². The van der Waals surface area contributed by atoms with Gasteiger partial charge in [-0.05, 0) is 13.0 Å². The zero-order valence-electron chi connectivity index (χ0n) is 8.55. The van der Waals surface area contributed by atoms with Gasteiger partial charge in [0.2, 0.25) is 0 Å². The van der Waals surface area contributed by atoms with E-state index in [1.165, 1.54) is 0 Å². The predicted molar refractivity (Wildman–Crippen MR) is 56.9 cm³/mol. The highest BCUT2D eigenvalue weighted by Gasteiger charge is 2.11. The Morgan fingerprint density at radius 1 is 1.19 bits per heavy atom. The first kappa shape index (κ1) is 9.98. The van der Waals surface area contributed by atoms with E-state index >= 15 is 0 Å². The van der Waals surface area contributed by atoms with Crippen LogP contribution in [0.3, 0.4) is 0 Å². The van der Waals surface area contributed by atoms with E-state index in [2.05, 4.69) is 19.9 Å². The van der Waals surface area contributed by atoms with Crippen molar-refractivity contribution in [3.63, 3.8) is 0 Å². The lowest BCUT2D eigenvalue weighted by Crippen LogP contribution is -2.04. The highest BCUT2D eigenvalue weighted by molar-refractivity contribution is 5.56. The summed E-state index contributed by atoms with van der Waals surface area (Å²) in [5, 5.41) is 8.82. The van der Waals surface area contributed by atoms with Gasteiger partial charge in [-0.25, -0.2) is 19.9 Å². The summed E-state index contributed by atoms with van der Waals surface area (Å²) in [5.74, 6) is 0.869. The second-order valence-electron chi connectivity index (χ2n) is 3.08. The fraction of sp³-hybridized carbons (Fsp3) is 0.100. The van der Waals surface area contributed by atoms with E-state index in [1.807, 2.05) is 6.07 Å². The molecular weight excluding hydrogens is 204 g/mol. The van der Waals surface area contributed by atoms with E-state index in [0.29, 0.717) is 22.9 Å². The molecule has 0 aliphatic heterocycles. The quantitative estimate of drug-likeness (QED) is 0.746. The number of rotatable bonds is 1. The molecule has 2 aromatic heterocycles. The number of hydrogen-bond acceptors (Lipinski definition) is 6. The normalized spacial score (nSPS) is 9.75. The Labute approximate surface area is 91.8 Å². The second kappa shape index (κ2) is 3.90. The average Bonchev–Trinajstić information content (AvgIpc) is 2.30. The van der Waals surface area contributed by atoms with Crippen LogP contribution in [-0.4, -0.2) is 19.9 Å². The third-order valence-electron chi connectivity index (χ3n) is 2.00. The van der Waals surface area contributed by atoms with Gasteiger partial charge >= 0.3 is 0 Å². The van der Waals surface area contributed by atoms with E-state index < -0.39 is 0 Å². The van der Waals surface area contributed by atoms with Crippen LogP contribution in [0.1, 0.15) is 11.3 Å². The molecule has 2 aromatic rings. The van der Waals surface area contributed by atoms with Gasteiger partial charge in [0.25, 0.3) is 0 Å². The van der Waals surface area contributed by atoms with Gasteiger partial charge in [0.15, 0.2) is 11.6 Å². The van der Waals surface area contributed by atoms with Crippen molar-refractivity contribution in [3.05, 3.63) is 29.7 Å². The third kappa shape index (κ3) is 1.66. The third-order valence-corrected chi connectivity index (χ3v) is 2.00. The minimum absolute atomic E-state index is 0.150. The van der Waals surface area contributed by atoms with Crippen LogP contribution < -0.4 is 5.73 Å². The number of nitrogens with zero attached hydrogens (tertiary/aromatic N) is 5. The first-order valence-electron chi connectivity index (χ1n) is 4.54. The summed E-state index contributed by atoms with van der Waals surface area (Å²) >= 11 is 0. The lowest BCUT2D eigenvalue weighted by atomic mass is 10.2. The molecule has 0 aliphatic carbocycles. The number of aromatic nitrogens is 4. The fourth-order valence-corrected chi connectivity index (χ4v) is 1.25. The van der Waals surface area contributed by atoms with Gasteiger partial charge in [-0.2, -0.15) is 5.26 Å². The number of nitriles is 1. The van der Waals surface area contributed by atoms with Gasteiger partial charge in [-0.3, -0.25) is 0 Å². The smallest absolute Gasteiger partial charge is 0.200 e. The molecule has 2 N–H and O–H groups in total. The molecule has 0 fully saturated rings. The van der Waals surface area contributed by atoms with Gasteiger partial charge in [-0.1, -0.05) is 0 Å². The molecule has 0 aliphatic rings. The van der Waals surface area contributed by atoms with Gasteiger partial charge < -0.3 is 5.73 Å². The first-order valence-corrected chi connectivity index (χ1v) is 4.54. The Balaban J connectivity index is 2.58. The van der Waals surface area contributed by atoms with E-state index in [1.54, 1.807) is 25.4 Å².